The Morgan fingerprint density at radius 3 is 2.74 bits per heavy atom. The summed E-state index contributed by atoms with van der Waals surface area (Å²) in [5, 5.41) is 9.74. The molecule has 194 valence electrons. The molecule has 0 spiro atoms. The van der Waals surface area contributed by atoms with Gasteiger partial charge in [-0.05, 0) is 24.3 Å². The smallest absolute Gasteiger partial charge is 0.325 e. The summed E-state index contributed by atoms with van der Waals surface area (Å²) in [6.45, 7) is -0.146. The fourth-order valence-corrected chi connectivity index (χ4v) is 5.21. The number of carbonyl (C=O) groups excluding carboxylic acids is 2. The van der Waals surface area contributed by atoms with Crippen LogP contribution in [0.3, 0.4) is 0 Å². The summed E-state index contributed by atoms with van der Waals surface area (Å²) in [5.41, 5.74) is 1.63. The van der Waals surface area contributed by atoms with E-state index in [4.69, 9.17) is 4.74 Å². The number of rotatable bonds is 6. The van der Waals surface area contributed by atoms with Gasteiger partial charge in [0.2, 0.25) is 5.91 Å². The second-order valence-electron chi connectivity index (χ2n) is 8.61. The van der Waals surface area contributed by atoms with E-state index < -0.39 is 17.8 Å². The molecule has 4 aromatic heterocycles. The molecule has 0 aliphatic rings. The zero-order valence-electron chi connectivity index (χ0n) is 20.5. The summed E-state index contributed by atoms with van der Waals surface area (Å²) in [5.74, 6) is -0.0424. The van der Waals surface area contributed by atoms with Crippen LogP contribution in [-0.2, 0) is 18.4 Å². The molecule has 0 aliphatic heterocycles. The lowest BCUT2D eigenvalue weighted by Crippen LogP contribution is -2.36. The average molecular weight is 542 g/mol. The number of aromatic nitrogens is 5. The molecule has 10 nitrogen and oxygen atoms in total. The number of nitrogens with one attached hydrogen (secondary N) is 2. The summed E-state index contributed by atoms with van der Waals surface area (Å²) in [4.78, 5) is 34.3. The Bertz CT molecular complexity index is 1860. The van der Waals surface area contributed by atoms with E-state index in [9.17, 15) is 14.0 Å². The number of carbonyl (C=O) groups is 2. The van der Waals surface area contributed by atoms with Crippen LogP contribution in [0.5, 0.6) is 11.5 Å². The Morgan fingerprint density at radius 2 is 1.92 bits per heavy atom. The Balaban J connectivity index is 1.12. The van der Waals surface area contributed by atoms with Gasteiger partial charge in [-0.1, -0.05) is 18.2 Å². The van der Waals surface area contributed by atoms with Crippen LogP contribution in [0.1, 0.15) is 0 Å². The van der Waals surface area contributed by atoms with Crippen LogP contribution in [0.2, 0.25) is 0 Å². The summed E-state index contributed by atoms with van der Waals surface area (Å²) in [7, 11) is 1.90. The van der Waals surface area contributed by atoms with Crippen LogP contribution < -0.4 is 15.4 Å². The van der Waals surface area contributed by atoms with Gasteiger partial charge in [0.15, 0.2) is 11.6 Å². The first-order chi connectivity index (χ1) is 18.9. The third-order valence-electron chi connectivity index (χ3n) is 5.92. The highest BCUT2D eigenvalue weighted by molar-refractivity contribution is 7.22. The first-order valence-corrected chi connectivity index (χ1v) is 12.6. The van der Waals surface area contributed by atoms with Gasteiger partial charge in [0.05, 0.1) is 26.8 Å². The van der Waals surface area contributed by atoms with Crippen molar-refractivity contribution in [3.63, 3.8) is 0 Å². The van der Waals surface area contributed by atoms with E-state index in [-0.39, 0.29) is 18.0 Å². The third kappa shape index (κ3) is 4.92. The maximum absolute atomic E-state index is 14.9. The highest BCUT2D eigenvalue weighted by Crippen LogP contribution is 2.39. The minimum atomic E-state index is -0.791. The molecule has 2 N–H and O–H groups in total. The lowest BCUT2D eigenvalue weighted by Gasteiger charge is -2.10. The lowest BCUT2D eigenvalue weighted by molar-refractivity contribution is -0.120. The minimum Gasteiger partial charge on any atom is -0.453 e. The van der Waals surface area contributed by atoms with Gasteiger partial charge < -0.3 is 14.6 Å². The normalized spacial score (nSPS) is 11.1. The van der Waals surface area contributed by atoms with E-state index in [2.05, 4.69) is 25.7 Å². The highest BCUT2D eigenvalue weighted by atomic mass is 32.1. The summed E-state index contributed by atoms with van der Waals surface area (Å²) >= 11 is 1.44. The topological polar surface area (TPSA) is 116 Å². The van der Waals surface area contributed by atoms with Crippen molar-refractivity contribution in [1.29, 1.82) is 0 Å². The Labute approximate surface area is 224 Å². The predicted octanol–water partition coefficient (Wildman–Crippen LogP) is 5.33. The fourth-order valence-electron chi connectivity index (χ4n) is 4.10. The molecule has 2 aromatic carbocycles. The highest BCUT2D eigenvalue weighted by Gasteiger charge is 2.16. The van der Waals surface area contributed by atoms with Crippen molar-refractivity contribution in [2.24, 2.45) is 7.05 Å². The molecule has 0 atom stereocenters. The molecule has 6 aromatic rings. The van der Waals surface area contributed by atoms with Crippen LogP contribution >= 0.6 is 11.3 Å². The average Bonchev–Trinajstić information content (AvgIpc) is 3.64. The molecule has 0 radical (unpaired) electrons. The largest absolute Gasteiger partial charge is 0.453 e. The standard InChI is InChI=1S/C27H20FN7O3S/c1-34-11-10-30-26(34)23-13-19-25(39-23)22(8-9-29-19)38-21-7-6-17(12-18(21)28)32-27(37)33-24(36)15-35-20-5-3-2-4-16(20)14-31-35/h2-14H,15H2,1H3,(H2,32,33,36,37). The Kier molecular flexibility index (Phi) is 6.21. The molecule has 0 aliphatic carbocycles. The number of ether oxygens (including phenoxy) is 1. The van der Waals surface area contributed by atoms with Crippen molar-refractivity contribution in [2.75, 3.05) is 5.32 Å². The van der Waals surface area contributed by atoms with Gasteiger partial charge in [0.1, 0.15) is 18.1 Å². The van der Waals surface area contributed by atoms with E-state index in [1.165, 1.54) is 28.2 Å². The SMILES string of the molecule is Cn1ccnc1-c1cc2nccc(Oc3ccc(NC(=O)NC(=O)Cn4ncc5ccccc54)cc3F)c2s1. The second-order valence-corrected chi connectivity index (χ2v) is 9.66. The number of thiophene rings is 1. The van der Waals surface area contributed by atoms with Gasteiger partial charge in [-0.3, -0.25) is 19.8 Å². The van der Waals surface area contributed by atoms with E-state index in [1.807, 2.05) is 48.1 Å². The van der Waals surface area contributed by atoms with Crippen LogP contribution in [-0.4, -0.2) is 36.3 Å². The van der Waals surface area contributed by atoms with Crippen molar-refractivity contribution in [3.8, 4) is 22.2 Å². The zero-order valence-corrected chi connectivity index (χ0v) is 21.3. The lowest BCUT2D eigenvalue weighted by atomic mass is 10.2. The number of aryl methyl sites for hydroxylation is 1. The number of para-hydroxylation sites is 1. The van der Waals surface area contributed by atoms with Gasteiger partial charge in [0.25, 0.3) is 0 Å². The number of halogens is 1. The molecule has 6 rings (SSSR count). The molecule has 39 heavy (non-hydrogen) atoms. The second kappa shape index (κ2) is 9.99. The number of imide groups is 1. The summed E-state index contributed by atoms with van der Waals surface area (Å²) < 4.78 is 25.0. The van der Waals surface area contributed by atoms with Crippen molar-refractivity contribution in [1.82, 2.24) is 29.6 Å². The molecule has 0 unspecified atom stereocenters. The molecule has 0 bridgehead atoms. The Hall–Kier alpha value is -5.10. The fraction of sp³-hybridized carbons (Fsp3) is 0.0741. The maximum Gasteiger partial charge on any atom is 0.325 e. The van der Waals surface area contributed by atoms with Gasteiger partial charge in [-0.15, -0.1) is 11.3 Å². The molecule has 0 saturated heterocycles. The predicted molar refractivity (Wildman–Crippen MR) is 145 cm³/mol. The number of pyridine rings is 1. The number of urea groups is 1. The number of anilines is 1. The number of fused-ring (bicyclic) bond motifs is 2. The summed E-state index contributed by atoms with van der Waals surface area (Å²) in [6, 6.07) is 14.2. The molecule has 12 heteroatoms. The van der Waals surface area contributed by atoms with Gasteiger partial charge in [-0.2, -0.15) is 5.10 Å². The molecule has 0 saturated carbocycles. The van der Waals surface area contributed by atoms with E-state index in [1.54, 1.807) is 24.7 Å². The van der Waals surface area contributed by atoms with Crippen LogP contribution in [0.25, 0.3) is 31.8 Å². The number of hydrogen-bond acceptors (Lipinski definition) is 7. The maximum atomic E-state index is 14.9. The molecule has 3 amide bonds. The van der Waals surface area contributed by atoms with Crippen molar-refractivity contribution in [2.45, 2.75) is 6.54 Å². The van der Waals surface area contributed by atoms with E-state index in [0.29, 0.717) is 11.3 Å². The summed E-state index contributed by atoms with van der Waals surface area (Å²) in [6.07, 6.45) is 6.80. The number of nitrogens with zero attached hydrogens (tertiary/aromatic N) is 5. The number of hydrogen-bond donors (Lipinski definition) is 2. The molecule has 4 heterocycles. The molecule has 0 fully saturated rings. The van der Waals surface area contributed by atoms with Crippen LogP contribution in [0.15, 0.2) is 79.4 Å². The monoisotopic (exact) mass is 541 g/mol. The van der Waals surface area contributed by atoms with Gasteiger partial charge in [-0.25, -0.2) is 14.2 Å². The van der Waals surface area contributed by atoms with Gasteiger partial charge >= 0.3 is 6.03 Å². The Morgan fingerprint density at radius 1 is 1.05 bits per heavy atom. The number of benzene rings is 2. The quantitative estimate of drug-likeness (QED) is 0.295. The van der Waals surface area contributed by atoms with Crippen LogP contribution in [0.4, 0.5) is 14.9 Å². The minimum absolute atomic E-state index is 0.0259. The third-order valence-corrected chi connectivity index (χ3v) is 7.06. The van der Waals surface area contributed by atoms with E-state index in [0.717, 1.165) is 32.4 Å². The number of imidazole rings is 1. The number of amides is 3. The molecular formula is C27H20FN7O3S. The van der Waals surface area contributed by atoms with Crippen molar-refractivity contribution in [3.05, 3.63) is 85.2 Å². The zero-order chi connectivity index (χ0) is 26.9. The molecular weight excluding hydrogens is 521 g/mol. The first-order valence-electron chi connectivity index (χ1n) is 11.8. The van der Waals surface area contributed by atoms with Gasteiger partial charge in [0, 0.05) is 48.8 Å². The van der Waals surface area contributed by atoms with Crippen LogP contribution in [0, 0.1) is 5.82 Å². The van der Waals surface area contributed by atoms with Crippen molar-refractivity contribution >= 4 is 50.1 Å². The van der Waals surface area contributed by atoms with E-state index >= 15 is 0 Å². The van der Waals surface area contributed by atoms with Crippen molar-refractivity contribution < 1.29 is 18.7 Å². The first kappa shape index (κ1) is 24.2.